The van der Waals surface area contributed by atoms with Crippen molar-refractivity contribution in [1.29, 1.82) is 0 Å². The van der Waals surface area contributed by atoms with Crippen LogP contribution in [0.1, 0.15) is 71.1 Å². The molecule has 0 aliphatic carbocycles. The van der Waals surface area contributed by atoms with Crippen LogP contribution in [-0.2, 0) is 9.59 Å². The summed E-state index contributed by atoms with van der Waals surface area (Å²) in [6.07, 6.45) is 9.79. The van der Waals surface area contributed by atoms with E-state index in [-0.39, 0.29) is 11.1 Å². The number of hydrogen-bond donors (Lipinski definition) is 1. The predicted molar refractivity (Wildman–Crippen MR) is 75.7 cm³/mol. The van der Waals surface area contributed by atoms with E-state index in [1.165, 1.54) is 25.7 Å². The molecule has 0 saturated carbocycles. The summed E-state index contributed by atoms with van der Waals surface area (Å²) in [5.74, 6) is 0.127. The zero-order valence-electron chi connectivity index (χ0n) is 11.5. The number of carbonyl (C=O) groups is 2. The van der Waals surface area contributed by atoms with Crippen molar-refractivity contribution in [3.63, 3.8) is 0 Å². The molecule has 0 aliphatic heterocycles. The van der Waals surface area contributed by atoms with Gasteiger partial charge in [-0.2, -0.15) is 0 Å². The highest BCUT2D eigenvalue weighted by Crippen LogP contribution is 2.06. The molecular formula is C14H26ClNO2. The van der Waals surface area contributed by atoms with E-state index in [0.717, 1.165) is 25.7 Å². The molecule has 106 valence electrons. The summed E-state index contributed by atoms with van der Waals surface area (Å²) in [5, 5.41) is 2.57. The van der Waals surface area contributed by atoms with Crippen molar-refractivity contribution in [1.82, 2.24) is 5.32 Å². The van der Waals surface area contributed by atoms with Crippen LogP contribution in [-0.4, -0.2) is 17.7 Å². The first-order valence-electron chi connectivity index (χ1n) is 7.11. The van der Waals surface area contributed by atoms with Crippen LogP contribution in [0.2, 0.25) is 0 Å². The fourth-order valence-electron chi connectivity index (χ4n) is 1.77. The minimum Gasteiger partial charge on any atom is -0.356 e. The van der Waals surface area contributed by atoms with E-state index >= 15 is 0 Å². The Bertz CT molecular complexity index is 232. The van der Waals surface area contributed by atoms with Gasteiger partial charge in [0.15, 0.2) is 0 Å². The Morgan fingerprint density at radius 3 is 2.17 bits per heavy atom. The number of unbranched alkanes of at least 4 members (excludes halogenated alkanes) is 6. The van der Waals surface area contributed by atoms with E-state index in [0.29, 0.717) is 19.4 Å². The molecule has 0 rings (SSSR count). The molecular weight excluding hydrogens is 250 g/mol. The third kappa shape index (κ3) is 13.5. The van der Waals surface area contributed by atoms with Gasteiger partial charge in [-0.3, -0.25) is 9.59 Å². The van der Waals surface area contributed by atoms with Crippen molar-refractivity contribution in [2.24, 2.45) is 0 Å². The van der Waals surface area contributed by atoms with Gasteiger partial charge in [0.05, 0.1) is 0 Å². The van der Waals surface area contributed by atoms with Crippen molar-refractivity contribution in [2.75, 3.05) is 6.54 Å². The molecule has 0 radical (unpaired) electrons. The van der Waals surface area contributed by atoms with Gasteiger partial charge < -0.3 is 5.32 Å². The Morgan fingerprint density at radius 1 is 0.889 bits per heavy atom. The predicted octanol–water partition coefficient (Wildman–Crippen LogP) is 3.79. The summed E-state index contributed by atoms with van der Waals surface area (Å²) in [6.45, 7) is 2.85. The number of halogens is 1. The number of carbonyl (C=O) groups excluding carboxylic acids is 2. The maximum atomic E-state index is 11.4. The molecule has 0 unspecified atom stereocenters. The Kier molecular flexibility index (Phi) is 12.5. The molecule has 3 nitrogen and oxygen atoms in total. The van der Waals surface area contributed by atoms with Gasteiger partial charge in [0.25, 0.3) is 0 Å². The Morgan fingerprint density at radius 2 is 1.50 bits per heavy atom. The van der Waals surface area contributed by atoms with Gasteiger partial charge in [-0.15, -0.1) is 0 Å². The van der Waals surface area contributed by atoms with Crippen LogP contribution in [0.4, 0.5) is 0 Å². The summed E-state index contributed by atoms with van der Waals surface area (Å²) >= 11 is 5.21. The molecule has 0 heterocycles. The van der Waals surface area contributed by atoms with E-state index in [2.05, 4.69) is 12.2 Å². The number of rotatable bonds is 12. The summed E-state index contributed by atoms with van der Waals surface area (Å²) in [7, 11) is 0. The lowest BCUT2D eigenvalue weighted by Gasteiger charge is -2.04. The van der Waals surface area contributed by atoms with Crippen LogP contribution in [0, 0.1) is 0 Å². The van der Waals surface area contributed by atoms with Crippen LogP contribution < -0.4 is 5.32 Å². The summed E-state index contributed by atoms with van der Waals surface area (Å²) in [5.41, 5.74) is 0. The quantitative estimate of drug-likeness (QED) is 0.435. The van der Waals surface area contributed by atoms with Crippen molar-refractivity contribution in [3.8, 4) is 0 Å². The lowest BCUT2D eigenvalue weighted by atomic mass is 10.1. The molecule has 1 N–H and O–H groups in total. The molecule has 0 saturated heterocycles. The Hall–Kier alpha value is -0.570. The first kappa shape index (κ1) is 17.4. The molecule has 0 atom stereocenters. The molecule has 4 heteroatoms. The van der Waals surface area contributed by atoms with Crippen LogP contribution >= 0.6 is 11.6 Å². The second-order valence-electron chi connectivity index (χ2n) is 4.68. The number of hydrogen-bond acceptors (Lipinski definition) is 2. The Balaban J connectivity index is 3.20. The lowest BCUT2D eigenvalue weighted by molar-refractivity contribution is -0.121. The number of amides is 1. The van der Waals surface area contributed by atoms with Gasteiger partial charge >= 0.3 is 0 Å². The van der Waals surface area contributed by atoms with Crippen molar-refractivity contribution in [2.45, 2.75) is 71.1 Å². The first-order valence-corrected chi connectivity index (χ1v) is 7.49. The number of nitrogens with one attached hydrogen (secondary N) is 1. The maximum absolute atomic E-state index is 11.4. The zero-order valence-corrected chi connectivity index (χ0v) is 12.2. The fourth-order valence-corrected chi connectivity index (χ4v) is 1.90. The second-order valence-corrected chi connectivity index (χ2v) is 5.10. The average molecular weight is 276 g/mol. The normalized spacial score (nSPS) is 10.3. The molecule has 0 aromatic rings. The van der Waals surface area contributed by atoms with Crippen LogP contribution in [0.25, 0.3) is 0 Å². The standard InChI is InChI=1S/C14H26ClNO2/c1-2-3-4-5-6-7-11-14(18)16-12-9-8-10-13(15)17/h2-12H2,1H3,(H,16,18). The van der Waals surface area contributed by atoms with Crippen LogP contribution in [0.15, 0.2) is 0 Å². The third-order valence-corrected chi connectivity index (χ3v) is 3.07. The molecule has 1 amide bonds. The largest absolute Gasteiger partial charge is 0.356 e. The fraction of sp³-hybridized carbons (Fsp3) is 0.857. The van der Waals surface area contributed by atoms with E-state index < -0.39 is 0 Å². The highest BCUT2D eigenvalue weighted by atomic mass is 35.5. The van der Waals surface area contributed by atoms with Crippen LogP contribution in [0.5, 0.6) is 0 Å². The molecule has 0 aliphatic rings. The van der Waals surface area contributed by atoms with Gasteiger partial charge in [0.2, 0.25) is 11.1 Å². The van der Waals surface area contributed by atoms with Gasteiger partial charge in [-0.25, -0.2) is 0 Å². The van der Waals surface area contributed by atoms with E-state index in [1.54, 1.807) is 0 Å². The smallest absolute Gasteiger partial charge is 0.221 e. The van der Waals surface area contributed by atoms with Gasteiger partial charge in [0, 0.05) is 19.4 Å². The zero-order chi connectivity index (χ0) is 13.6. The summed E-state index contributed by atoms with van der Waals surface area (Å²) in [6, 6.07) is 0. The van der Waals surface area contributed by atoms with Crippen molar-refractivity contribution in [3.05, 3.63) is 0 Å². The average Bonchev–Trinajstić information content (AvgIpc) is 2.33. The maximum Gasteiger partial charge on any atom is 0.221 e. The molecule has 0 bridgehead atoms. The topological polar surface area (TPSA) is 46.2 Å². The van der Waals surface area contributed by atoms with Gasteiger partial charge in [-0.1, -0.05) is 39.0 Å². The SMILES string of the molecule is CCCCCCCCC(=O)NCCCCC(=O)Cl. The van der Waals surface area contributed by atoms with Gasteiger partial charge in [-0.05, 0) is 30.9 Å². The Labute approximate surface area is 116 Å². The molecule has 0 spiro atoms. The highest BCUT2D eigenvalue weighted by Gasteiger charge is 2.01. The molecule has 0 aromatic carbocycles. The minimum atomic E-state index is -0.298. The molecule has 0 aromatic heterocycles. The van der Waals surface area contributed by atoms with Gasteiger partial charge in [0.1, 0.15) is 0 Å². The lowest BCUT2D eigenvalue weighted by Crippen LogP contribution is -2.24. The van der Waals surface area contributed by atoms with E-state index in [4.69, 9.17) is 11.6 Å². The second kappa shape index (κ2) is 12.9. The minimum absolute atomic E-state index is 0.127. The van der Waals surface area contributed by atoms with Crippen molar-refractivity contribution < 1.29 is 9.59 Å². The highest BCUT2D eigenvalue weighted by molar-refractivity contribution is 6.63. The molecule has 18 heavy (non-hydrogen) atoms. The monoisotopic (exact) mass is 275 g/mol. The first-order chi connectivity index (χ1) is 8.66. The van der Waals surface area contributed by atoms with Crippen molar-refractivity contribution >= 4 is 22.8 Å². The van der Waals surface area contributed by atoms with E-state index in [1.807, 2.05) is 0 Å². The summed E-state index contributed by atoms with van der Waals surface area (Å²) < 4.78 is 0. The van der Waals surface area contributed by atoms with E-state index in [9.17, 15) is 9.59 Å². The molecule has 0 fully saturated rings. The third-order valence-electron chi connectivity index (χ3n) is 2.88. The van der Waals surface area contributed by atoms with Crippen LogP contribution in [0.3, 0.4) is 0 Å². The summed E-state index contributed by atoms with van der Waals surface area (Å²) in [4.78, 5) is 21.9.